The van der Waals surface area contributed by atoms with Crippen molar-refractivity contribution in [3.05, 3.63) is 66.7 Å². The summed E-state index contributed by atoms with van der Waals surface area (Å²) in [6.07, 6.45) is 6.20. The van der Waals surface area contributed by atoms with E-state index in [1.807, 2.05) is 46.0 Å². The largest absolute Gasteiger partial charge is 0.352 e. The number of pyridine rings is 1. The molecule has 1 aliphatic rings. The second kappa shape index (κ2) is 10.1. The Balaban J connectivity index is 1.16. The van der Waals surface area contributed by atoms with Gasteiger partial charge in [-0.15, -0.1) is 10.2 Å². The Hall–Kier alpha value is -3.66. The lowest BCUT2D eigenvalue weighted by molar-refractivity contribution is -0.128. The highest BCUT2D eigenvalue weighted by Gasteiger charge is 2.23. The first kappa shape index (κ1) is 22.1. The molecule has 0 spiro atoms. The minimum Gasteiger partial charge on any atom is -0.352 e. The molecule has 0 saturated carbocycles. The van der Waals surface area contributed by atoms with Crippen LogP contribution in [0, 0.1) is 0 Å². The summed E-state index contributed by atoms with van der Waals surface area (Å²) in [5.41, 5.74) is 4.22. The van der Waals surface area contributed by atoms with Gasteiger partial charge in [-0.1, -0.05) is 36.9 Å². The number of carbonyl (C=O) groups is 1. The summed E-state index contributed by atoms with van der Waals surface area (Å²) in [5, 5.41) is 16.6. The van der Waals surface area contributed by atoms with Gasteiger partial charge >= 0.3 is 0 Å². The summed E-state index contributed by atoms with van der Waals surface area (Å²) in [6, 6.07) is 14.1. The molecule has 1 N–H and O–H groups in total. The number of rotatable bonds is 7. The Morgan fingerprint density at radius 2 is 1.97 bits per heavy atom. The maximum atomic E-state index is 12.9. The molecule has 10 heteroatoms. The van der Waals surface area contributed by atoms with E-state index in [4.69, 9.17) is 0 Å². The van der Waals surface area contributed by atoms with E-state index in [1.165, 1.54) is 17.3 Å². The molecule has 1 amide bonds. The Bertz CT molecular complexity index is 1250. The molecular formula is C24H26N8OS. The number of H-pyrrole nitrogens is 1. The number of aryl methyl sites for hydroxylation is 1. The highest BCUT2D eigenvalue weighted by atomic mass is 32.2. The summed E-state index contributed by atoms with van der Waals surface area (Å²) in [6.45, 7) is 4.95. The molecule has 0 radical (unpaired) electrons. The molecule has 1 fully saturated rings. The first-order valence-corrected chi connectivity index (χ1v) is 12.3. The van der Waals surface area contributed by atoms with E-state index in [2.05, 4.69) is 49.3 Å². The van der Waals surface area contributed by atoms with Crippen molar-refractivity contribution in [1.29, 1.82) is 0 Å². The van der Waals surface area contributed by atoms with Crippen LogP contribution in [0.3, 0.4) is 0 Å². The average Bonchev–Trinajstić information content (AvgIpc) is 3.58. The Morgan fingerprint density at radius 3 is 2.76 bits per heavy atom. The standard InChI is InChI=1S/C24H26N8OS/c1-2-18-6-3-4-8-21(18)32-17-26-29-24(32)34-16-23(33)31-12-10-30(11-13-31)22-14-20(27-28-22)19-7-5-9-25-15-19/h3-9,14-15,17H,2,10-13,16H2,1H3,(H,27,28). The number of nitrogens with one attached hydrogen (secondary N) is 1. The summed E-state index contributed by atoms with van der Waals surface area (Å²) in [4.78, 5) is 21.2. The van der Waals surface area contributed by atoms with Gasteiger partial charge in [0.1, 0.15) is 6.33 Å². The van der Waals surface area contributed by atoms with Crippen molar-refractivity contribution in [1.82, 2.24) is 34.8 Å². The van der Waals surface area contributed by atoms with E-state index in [9.17, 15) is 4.79 Å². The van der Waals surface area contributed by atoms with Gasteiger partial charge in [0, 0.05) is 50.2 Å². The van der Waals surface area contributed by atoms with Gasteiger partial charge in [-0.2, -0.15) is 5.10 Å². The van der Waals surface area contributed by atoms with Gasteiger partial charge in [0.2, 0.25) is 5.91 Å². The summed E-state index contributed by atoms with van der Waals surface area (Å²) >= 11 is 1.43. The second-order valence-corrected chi connectivity index (χ2v) is 8.95. The number of piperazine rings is 1. The van der Waals surface area contributed by atoms with E-state index in [1.54, 1.807) is 12.5 Å². The maximum Gasteiger partial charge on any atom is 0.233 e. The first-order valence-electron chi connectivity index (χ1n) is 11.3. The van der Waals surface area contributed by atoms with Gasteiger partial charge in [0.05, 0.1) is 17.1 Å². The number of aromatic amines is 1. The summed E-state index contributed by atoms with van der Waals surface area (Å²) in [5.74, 6) is 1.34. The molecule has 1 saturated heterocycles. The predicted octanol–water partition coefficient (Wildman–Crippen LogP) is 3.06. The summed E-state index contributed by atoms with van der Waals surface area (Å²) < 4.78 is 1.96. The molecule has 0 bridgehead atoms. The minimum absolute atomic E-state index is 0.112. The molecular weight excluding hydrogens is 448 g/mol. The molecule has 0 aliphatic carbocycles. The lowest BCUT2D eigenvalue weighted by Crippen LogP contribution is -2.49. The van der Waals surface area contributed by atoms with Crippen LogP contribution in [0.2, 0.25) is 0 Å². The van der Waals surface area contributed by atoms with E-state index in [-0.39, 0.29) is 5.91 Å². The molecule has 3 aromatic heterocycles. The van der Waals surface area contributed by atoms with Crippen LogP contribution in [0.1, 0.15) is 12.5 Å². The fourth-order valence-electron chi connectivity index (χ4n) is 4.08. The van der Waals surface area contributed by atoms with E-state index >= 15 is 0 Å². The fourth-order valence-corrected chi connectivity index (χ4v) is 4.90. The third-order valence-corrected chi connectivity index (χ3v) is 6.89. The molecule has 174 valence electrons. The Labute approximate surface area is 202 Å². The molecule has 1 aromatic carbocycles. The van der Waals surface area contributed by atoms with Crippen molar-refractivity contribution in [3.63, 3.8) is 0 Å². The monoisotopic (exact) mass is 474 g/mol. The number of anilines is 1. The zero-order chi connectivity index (χ0) is 23.3. The van der Waals surface area contributed by atoms with Gasteiger partial charge in [-0.05, 0) is 30.2 Å². The average molecular weight is 475 g/mol. The molecule has 4 aromatic rings. The topological polar surface area (TPSA) is 95.8 Å². The van der Waals surface area contributed by atoms with Crippen molar-refractivity contribution in [2.75, 3.05) is 36.8 Å². The molecule has 1 aliphatic heterocycles. The van der Waals surface area contributed by atoms with Gasteiger partial charge in [0.15, 0.2) is 11.0 Å². The molecule has 4 heterocycles. The van der Waals surface area contributed by atoms with Crippen molar-refractivity contribution in [2.24, 2.45) is 0 Å². The number of aromatic nitrogens is 6. The number of para-hydroxylation sites is 1. The van der Waals surface area contributed by atoms with Crippen LogP contribution in [-0.2, 0) is 11.2 Å². The van der Waals surface area contributed by atoms with Crippen LogP contribution in [-0.4, -0.2) is 72.7 Å². The van der Waals surface area contributed by atoms with Crippen molar-refractivity contribution >= 4 is 23.5 Å². The van der Waals surface area contributed by atoms with E-state index < -0.39 is 0 Å². The number of hydrogen-bond donors (Lipinski definition) is 1. The molecule has 0 unspecified atom stereocenters. The van der Waals surface area contributed by atoms with Crippen LogP contribution < -0.4 is 4.90 Å². The quantitative estimate of drug-likeness (QED) is 0.411. The lowest BCUT2D eigenvalue weighted by Gasteiger charge is -2.34. The smallest absolute Gasteiger partial charge is 0.233 e. The number of amides is 1. The van der Waals surface area contributed by atoms with Crippen LogP contribution >= 0.6 is 11.8 Å². The third kappa shape index (κ3) is 4.67. The number of hydrogen-bond acceptors (Lipinski definition) is 7. The van der Waals surface area contributed by atoms with Crippen molar-refractivity contribution < 1.29 is 4.79 Å². The van der Waals surface area contributed by atoms with E-state index in [0.29, 0.717) is 18.8 Å². The van der Waals surface area contributed by atoms with Crippen LogP contribution in [0.4, 0.5) is 5.82 Å². The SMILES string of the molecule is CCc1ccccc1-n1cnnc1SCC(=O)N1CCN(c2cc(-c3cccnc3)[nH]n2)CC1. The van der Waals surface area contributed by atoms with Gasteiger partial charge in [-0.25, -0.2) is 0 Å². The van der Waals surface area contributed by atoms with Crippen LogP contribution in [0.15, 0.2) is 66.3 Å². The second-order valence-electron chi connectivity index (χ2n) is 8.00. The molecule has 34 heavy (non-hydrogen) atoms. The Kier molecular flexibility index (Phi) is 6.57. The minimum atomic E-state index is 0.112. The van der Waals surface area contributed by atoms with Crippen molar-refractivity contribution in [2.45, 2.75) is 18.5 Å². The number of thioether (sulfide) groups is 1. The third-order valence-electron chi connectivity index (χ3n) is 5.97. The van der Waals surface area contributed by atoms with Crippen LogP contribution in [0.5, 0.6) is 0 Å². The number of nitrogens with zero attached hydrogens (tertiary/aromatic N) is 7. The highest BCUT2D eigenvalue weighted by molar-refractivity contribution is 7.99. The van der Waals surface area contributed by atoms with Crippen LogP contribution in [0.25, 0.3) is 16.9 Å². The molecule has 9 nitrogen and oxygen atoms in total. The Morgan fingerprint density at radius 1 is 1.12 bits per heavy atom. The highest BCUT2D eigenvalue weighted by Crippen LogP contribution is 2.24. The van der Waals surface area contributed by atoms with Gasteiger partial charge in [-0.3, -0.25) is 19.4 Å². The maximum absolute atomic E-state index is 12.9. The summed E-state index contributed by atoms with van der Waals surface area (Å²) in [7, 11) is 0. The normalized spacial score (nSPS) is 13.9. The predicted molar refractivity (Wildman–Crippen MR) is 132 cm³/mol. The first-order chi connectivity index (χ1) is 16.7. The number of carbonyl (C=O) groups excluding carboxylic acids is 1. The number of benzene rings is 1. The lowest BCUT2D eigenvalue weighted by atomic mass is 10.1. The zero-order valence-corrected chi connectivity index (χ0v) is 19.8. The molecule has 0 atom stereocenters. The van der Waals surface area contributed by atoms with Crippen molar-refractivity contribution in [3.8, 4) is 16.9 Å². The van der Waals surface area contributed by atoms with E-state index in [0.717, 1.165) is 47.4 Å². The fraction of sp³-hybridized carbons (Fsp3) is 0.292. The van der Waals surface area contributed by atoms with Gasteiger partial charge < -0.3 is 9.80 Å². The zero-order valence-electron chi connectivity index (χ0n) is 19.0. The molecule has 5 rings (SSSR count). The van der Waals surface area contributed by atoms with Gasteiger partial charge in [0.25, 0.3) is 0 Å².